The van der Waals surface area contributed by atoms with Gasteiger partial charge in [0.05, 0.1) is 5.75 Å². The van der Waals surface area contributed by atoms with Crippen molar-refractivity contribution in [3.63, 3.8) is 0 Å². The summed E-state index contributed by atoms with van der Waals surface area (Å²) in [4.78, 5) is 18.1. The number of thioether (sulfide) groups is 1. The zero-order valence-corrected chi connectivity index (χ0v) is 11.5. The Hall–Kier alpha value is -1.33. The molecule has 3 nitrogen and oxygen atoms in total. The molecule has 0 spiro atoms. The van der Waals surface area contributed by atoms with Gasteiger partial charge in [-0.1, -0.05) is 29.8 Å². The lowest BCUT2D eigenvalue weighted by molar-refractivity contribution is -0.115. The van der Waals surface area contributed by atoms with E-state index in [2.05, 4.69) is 36.2 Å². The number of aryl methyl sites for hydroxylation is 1. The van der Waals surface area contributed by atoms with Crippen molar-refractivity contribution in [2.75, 3.05) is 10.7 Å². The Kier molecular flexibility index (Phi) is 3.09. The summed E-state index contributed by atoms with van der Waals surface area (Å²) in [6.45, 7) is 2.06. The molecule has 0 unspecified atom stereocenters. The molecule has 0 bridgehead atoms. The number of thiazole rings is 1. The maximum absolute atomic E-state index is 12.0. The lowest BCUT2D eigenvalue weighted by atomic mass is 10.1. The molecule has 0 radical (unpaired) electrons. The van der Waals surface area contributed by atoms with Gasteiger partial charge in [0.25, 0.3) is 0 Å². The van der Waals surface area contributed by atoms with Gasteiger partial charge in [0.2, 0.25) is 5.91 Å². The standard InChI is InChI=1S/C13H12N2OS2/c1-9-2-4-10(5-3-9)12-15(11(16)8-18-12)13-14-6-7-17-13/h2-7,12H,8H2,1H3/t12-/m0/s1. The summed E-state index contributed by atoms with van der Waals surface area (Å²) in [6.07, 6.45) is 1.74. The van der Waals surface area contributed by atoms with E-state index in [0.717, 1.165) is 10.7 Å². The van der Waals surface area contributed by atoms with E-state index in [0.29, 0.717) is 5.75 Å². The van der Waals surface area contributed by atoms with Gasteiger partial charge in [0, 0.05) is 11.6 Å². The van der Waals surface area contributed by atoms with Crippen LogP contribution in [0.2, 0.25) is 0 Å². The lowest BCUT2D eigenvalue weighted by Gasteiger charge is -2.21. The second-order valence-corrected chi connectivity index (χ2v) is 6.09. The number of amides is 1. The fourth-order valence-electron chi connectivity index (χ4n) is 1.94. The minimum atomic E-state index is 0.0595. The number of carbonyl (C=O) groups is 1. The number of anilines is 1. The Labute approximate surface area is 114 Å². The fraction of sp³-hybridized carbons (Fsp3) is 0.231. The van der Waals surface area contributed by atoms with Crippen LogP contribution in [0.1, 0.15) is 16.5 Å². The van der Waals surface area contributed by atoms with Gasteiger partial charge >= 0.3 is 0 Å². The molecule has 18 heavy (non-hydrogen) atoms. The molecule has 0 N–H and O–H groups in total. The van der Waals surface area contributed by atoms with Crippen molar-refractivity contribution in [2.24, 2.45) is 0 Å². The van der Waals surface area contributed by atoms with Crippen LogP contribution in [0.3, 0.4) is 0 Å². The number of hydrogen-bond acceptors (Lipinski definition) is 4. The van der Waals surface area contributed by atoms with Gasteiger partial charge in [0.15, 0.2) is 5.13 Å². The molecule has 1 aromatic heterocycles. The first-order valence-corrected chi connectivity index (χ1v) is 7.58. The first-order chi connectivity index (χ1) is 8.75. The van der Waals surface area contributed by atoms with E-state index >= 15 is 0 Å². The third kappa shape index (κ3) is 2.04. The quantitative estimate of drug-likeness (QED) is 0.844. The maximum atomic E-state index is 12.0. The second kappa shape index (κ2) is 4.74. The van der Waals surface area contributed by atoms with Gasteiger partial charge < -0.3 is 0 Å². The number of nitrogens with zero attached hydrogens (tertiary/aromatic N) is 2. The van der Waals surface area contributed by atoms with Gasteiger partial charge in [0.1, 0.15) is 5.37 Å². The zero-order chi connectivity index (χ0) is 12.5. The van der Waals surface area contributed by atoms with Crippen LogP contribution in [0.15, 0.2) is 35.8 Å². The Morgan fingerprint density at radius 1 is 1.33 bits per heavy atom. The molecule has 1 aliphatic rings. The molecule has 3 rings (SSSR count). The van der Waals surface area contributed by atoms with Crippen molar-refractivity contribution < 1.29 is 4.79 Å². The van der Waals surface area contributed by atoms with Crippen LogP contribution in [-0.4, -0.2) is 16.6 Å². The summed E-state index contributed by atoms with van der Waals surface area (Å²) in [5.74, 6) is 0.665. The van der Waals surface area contributed by atoms with Crippen LogP contribution in [0.25, 0.3) is 0 Å². The molecule has 1 amide bonds. The predicted molar refractivity (Wildman–Crippen MR) is 76.0 cm³/mol. The van der Waals surface area contributed by atoms with E-state index < -0.39 is 0 Å². The van der Waals surface area contributed by atoms with Crippen molar-refractivity contribution in [1.29, 1.82) is 0 Å². The molecule has 5 heteroatoms. The number of benzene rings is 1. The highest BCUT2D eigenvalue weighted by atomic mass is 32.2. The van der Waals surface area contributed by atoms with E-state index in [-0.39, 0.29) is 11.3 Å². The summed E-state index contributed by atoms with van der Waals surface area (Å²) in [6, 6.07) is 8.34. The van der Waals surface area contributed by atoms with Crippen molar-refractivity contribution in [3.8, 4) is 0 Å². The van der Waals surface area contributed by atoms with E-state index in [1.807, 2.05) is 5.38 Å². The second-order valence-electron chi connectivity index (χ2n) is 4.15. The SMILES string of the molecule is Cc1ccc([C@@H]2SCC(=O)N2c2nccs2)cc1. The van der Waals surface area contributed by atoms with Crippen LogP contribution in [0.5, 0.6) is 0 Å². The predicted octanol–water partition coefficient (Wildman–Crippen LogP) is 3.23. The van der Waals surface area contributed by atoms with E-state index in [1.54, 1.807) is 22.9 Å². The van der Waals surface area contributed by atoms with Gasteiger partial charge in [-0.25, -0.2) is 4.98 Å². The third-order valence-corrected chi connectivity index (χ3v) is 4.84. The summed E-state index contributed by atoms with van der Waals surface area (Å²) >= 11 is 3.16. The highest BCUT2D eigenvalue weighted by molar-refractivity contribution is 8.00. The van der Waals surface area contributed by atoms with Crippen LogP contribution in [0, 0.1) is 6.92 Å². The molecule has 1 aromatic carbocycles. The Morgan fingerprint density at radius 3 is 2.78 bits per heavy atom. The summed E-state index contributed by atoms with van der Waals surface area (Å²) in [7, 11) is 0. The van der Waals surface area contributed by atoms with Crippen molar-refractivity contribution in [1.82, 2.24) is 4.98 Å². The molecule has 2 heterocycles. The largest absolute Gasteiger partial charge is 0.273 e. The molecule has 1 atom stereocenters. The molecule has 2 aromatic rings. The van der Waals surface area contributed by atoms with E-state index in [4.69, 9.17) is 0 Å². The fourth-order valence-corrected chi connectivity index (χ4v) is 3.85. The first-order valence-electron chi connectivity index (χ1n) is 5.65. The normalized spacial score (nSPS) is 19.5. The molecular formula is C13H12N2OS2. The van der Waals surface area contributed by atoms with Crippen molar-refractivity contribution in [2.45, 2.75) is 12.3 Å². The number of rotatable bonds is 2. The molecule has 0 saturated carbocycles. The smallest absolute Gasteiger partial charge is 0.240 e. The lowest BCUT2D eigenvalue weighted by Crippen LogP contribution is -2.27. The topological polar surface area (TPSA) is 33.2 Å². The van der Waals surface area contributed by atoms with Crippen molar-refractivity contribution >= 4 is 34.1 Å². The molecule has 92 valence electrons. The Morgan fingerprint density at radius 2 is 2.11 bits per heavy atom. The van der Waals surface area contributed by atoms with Crippen LogP contribution < -0.4 is 4.90 Å². The summed E-state index contributed by atoms with van der Waals surface area (Å²) < 4.78 is 0. The van der Waals surface area contributed by atoms with Gasteiger partial charge in [-0.3, -0.25) is 9.69 Å². The van der Waals surface area contributed by atoms with Crippen molar-refractivity contribution in [3.05, 3.63) is 47.0 Å². The number of aromatic nitrogens is 1. The molecule has 1 saturated heterocycles. The number of carbonyl (C=O) groups excluding carboxylic acids is 1. The monoisotopic (exact) mass is 276 g/mol. The minimum Gasteiger partial charge on any atom is -0.273 e. The van der Waals surface area contributed by atoms with Crippen LogP contribution >= 0.6 is 23.1 Å². The highest BCUT2D eigenvalue weighted by Crippen LogP contribution is 2.42. The number of hydrogen-bond donors (Lipinski definition) is 0. The van der Waals surface area contributed by atoms with Gasteiger partial charge in [-0.2, -0.15) is 0 Å². The molecule has 0 aliphatic carbocycles. The average molecular weight is 276 g/mol. The summed E-state index contributed by atoms with van der Waals surface area (Å²) in [5.41, 5.74) is 2.39. The Bertz CT molecular complexity index is 551. The third-order valence-electron chi connectivity index (χ3n) is 2.86. The minimum absolute atomic E-state index is 0.0595. The maximum Gasteiger partial charge on any atom is 0.240 e. The molecule has 1 fully saturated rings. The van der Waals surface area contributed by atoms with E-state index in [1.165, 1.54) is 16.9 Å². The highest BCUT2D eigenvalue weighted by Gasteiger charge is 2.35. The van der Waals surface area contributed by atoms with Gasteiger partial charge in [-0.15, -0.1) is 23.1 Å². The molecule has 1 aliphatic heterocycles. The Balaban J connectivity index is 1.96. The van der Waals surface area contributed by atoms with Gasteiger partial charge in [-0.05, 0) is 12.5 Å². The van der Waals surface area contributed by atoms with Crippen LogP contribution in [0.4, 0.5) is 5.13 Å². The van der Waals surface area contributed by atoms with Crippen LogP contribution in [-0.2, 0) is 4.79 Å². The summed E-state index contributed by atoms with van der Waals surface area (Å²) in [5, 5.41) is 2.75. The average Bonchev–Trinajstić information content (AvgIpc) is 2.99. The van der Waals surface area contributed by atoms with E-state index in [9.17, 15) is 4.79 Å². The molecular weight excluding hydrogens is 264 g/mol. The zero-order valence-electron chi connectivity index (χ0n) is 9.87. The first kappa shape index (κ1) is 11.7.